The van der Waals surface area contributed by atoms with Crippen LogP contribution in [0.3, 0.4) is 0 Å². The Balaban J connectivity index is 2.04. The van der Waals surface area contributed by atoms with Gasteiger partial charge in [0.15, 0.2) is 0 Å². The minimum Gasteiger partial charge on any atom is -0.274 e. The molecule has 1 aliphatic heterocycles. The third-order valence-corrected chi connectivity index (χ3v) is 4.56. The molecule has 1 aliphatic carbocycles. The fourth-order valence-electron chi connectivity index (χ4n) is 2.69. The Morgan fingerprint density at radius 3 is 2.26 bits per heavy atom. The van der Waals surface area contributed by atoms with E-state index in [0.717, 1.165) is 0 Å². The average Bonchev–Trinajstić information content (AvgIpc) is 2.66. The molecule has 3 rings (SSSR count). The lowest BCUT2D eigenvalue weighted by molar-refractivity contribution is -0.122. The van der Waals surface area contributed by atoms with Crippen molar-refractivity contribution in [2.75, 3.05) is 4.90 Å². The first kappa shape index (κ1) is 12.9. The van der Waals surface area contributed by atoms with E-state index in [1.165, 1.54) is 4.90 Å². The molecule has 2 amide bonds. The Morgan fingerprint density at radius 2 is 1.68 bits per heavy atom. The second-order valence-corrected chi connectivity index (χ2v) is 6.05. The molecule has 2 unspecified atom stereocenters. The molecule has 0 radical (unpaired) electrons. The fraction of sp³-hybridized carbons (Fsp3) is 0.286. The Morgan fingerprint density at radius 1 is 1.11 bits per heavy atom. The number of nitrogens with zero attached hydrogens (tertiary/aromatic N) is 1. The van der Waals surface area contributed by atoms with Crippen LogP contribution in [-0.4, -0.2) is 11.8 Å². The predicted molar refractivity (Wildman–Crippen MR) is 77.0 cm³/mol. The van der Waals surface area contributed by atoms with Gasteiger partial charge in [-0.3, -0.25) is 9.59 Å². The highest BCUT2D eigenvalue weighted by molar-refractivity contribution is 9.10. The van der Waals surface area contributed by atoms with Gasteiger partial charge in [0.2, 0.25) is 11.8 Å². The summed E-state index contributed by atoms with van der Waals surface area (Å²) in [5.74, 6) is -0.684. The number of fused-ring (bicyclic) bond motifs is 1. The molecular formula is C14H11BrClNO2. The molecule has 5 heteroatoms. The molecule has 98 valence electrons. The monoisotopic (exact) mass is 339 g/mol. The van der Waals surface area contributed by atoms with Gasteiger partial charge < -0.3 is 0 Å². The highest BCUT2D eigenvalue weighted by Crippen LogP contribution is 2.40. The lowest BCUT2D eigenvalue weighted by Crippen LogP contribution is -2.31. The molecule has 0 saturated carbocycles. The lowest BCUT2D eigenvalue weighted by Gasteiger charge is -2.16. The van der Waals surface area contributed by atoms with Crippen LogP contribution in [0.25, 0.3) is 0 Å². The number of carbonyl (C=O) groups excluding carboxylic acids is 2. The predicted octanol–water partition coefficient (Wildman–Crippen LogP) is 3.56. The van der Waals surface area contributed by atoms with Gasteiger partial charge in [0.25, 0.3) is 0 Å². The number of benzene rings is 1. The zero-order valence-electron chi connectivity index (χ0n) is 9.98. The van der Waals surface area contributed by atoms with Crippen LogP contribution >= 0.6 is 27.5 Å². The molecule has 0 aromatic heterocycles. The summed E-state index contributed by atoms with van der Waals surface area (Å²) in [6.07, 6.45) is 5.24. The van der Waals surface area contributed by atoms with Gasteiger partial charge in [-0.05, 0) is 47.0 Å². The SMILES string of the molecule is O=C1C2CC=CCC2C(=O)N1c1cc(Cl)ccc1Br. The summed E-state index contributed by atoms with van der Waals surface area (Å²) in [5.41, 5.74) is 0.539. The normalized spacial score (nSPS) is 25.9. The van der Waals surface area contributed by atoms with Gasteiger partial charge in [-0.15, -0.1) is 0 Å². The van der Waals surface area contributed by atoms with Gasteiger partial charge in [0, 0.05) is 9.50 Å². The molecule has 0 spiro atoms. The highest BCUT2D eigenvalue weighted by atomic mass is 79.9. The van der Waals surface area contributed by atoms with Crippen molar-refractivity contribution in [1.29, 1.82) is 0 Å². The van der Waals surface area contributed by atoms with E-state index in [9.17, 15) is 9.59 Å². The lowest BCUT2D eigenvalue weighted by atomic mass is 9.85. The summed E-state index contributed by atoms with van der Waals surface area (Å²) in [5, 5.41) is 0.506. The number of amides is 2. The maximum absolute atomic E-state index is 12.4. The number of hydrogen-bond donors (Lipinski definition) is 0. The number of anilines is 1. The van der Waals surface area contributed by atoms with Crippen molar-refractivity contribution in [3.8, 4) is 0 Å². The smallest absolute Gasteiger partial charge is 0.238 e. The molecule has 2 aliphatic rings. The molecule has 0 bridgehead atoms. The zero-order chi connectivity index (χ0) is 13.6. The average molecular weight is 341 g/mol. The summed E-state index contributed by atoms with van der Waals surface area (Å²) < 4.78 is 0.699. The first-order chi connectivity index (χ1) is 9.09. The summed E-state index contributed by atoms with van der Waals surface area (Å²) in [6.45, 7) is 0. The quantitative estimate of drug-likeness (QED) is 0.579. The molecule has 1 aromatic rings. The number of halogens is 2. The van der Waals surface area contributed by atoms with E-state index in [2.05, 4.69) is 15.9 Å². The largest absolute Gasteiger partial charge is 0.274 e. The second-order valence-electron chi connectivity index (χ2n) is 4.76. The molecule has 1 fully saturated rings. The van der Waals surface area contributed by atoms with E-state index < -0.39 is 0 Å². The zero-order valence-corrected chi connectivity index (χ0v) is 12.3. The standard InChI is InChI=1S/C14H11BrClNO2/c15-11-6-5-8(16)7-12(11)17-13(18)9-3-1-2-4-10(9)14(17)19/h1-2,5-7,9-10H,3-4H2. The topological polar surface area (TPSA) is 37.4 Å². The van der Waals surface area contributed by atoms with Gasteiger partial charge in [0.1, 0.15) is 0 Å². The Hall–Kier alpha value is -1.13. The number of allylic oxidation sites excluding steroid dienone is 2. The molecule has 0 N–H and O–H groups in total. The van der Waals surface area contributed by atoms with Gasteiger partial charge >= 0.3 is 0 Å². The number of imide groups is 1. The van der Waals surface area contributed by atoms with E-state index in [1.54, 1.807) is 18.2 Å². The van der Waals surface area contributed by atoms with Crippen molar-refractivity contribution in [1.82, 2.24) is 0 Å². The first-order valence-corrected chi connectivity index (χ1v) is 7.24. The summed E-state index contributed by atoms with van der Waals surface area (Å²) in [7, 11) is 0. The Bertz CT molecular complexity index is 573. The molecular weight excluding hydrogens is 330 g/mol. The van der Waals surface area contributed by atoms with E-state index in [4.69, 9.17) is 11.6 Å². The van der Waals surface area contributed by atoms with E-state index in [-0.39, 0.29) is 23.7 Å². The maximum Gasteiger partial charge on any atom is 0.238 e. The van der Waals surface area contributed by atoms with Crippen LogP contribution in [0, 0.1) is 11.8 Å². The molecule has 1 saturated heterocycles. The van der Waals surface area contributed by atoms with Crippen molar-refractivity contribution >= 4 is 45.0 Å². The van der Waals surface area contributed by atoms with Crippen molar-refractivity contribution in [2.45, 2.75) is 12.8 Å². The third-order valence-electron chi connectivity index (χ3n) is 3.66. The van der Waals surface area contributed by atoms with Gasteiger partial charge in [-0.1, -0.05) is 23.8 Å². The Kier molecular flexibility index (Phi) is 3.23. The summed E-state index contributed by atoms with van der Waals surface area (Å²) in [4.78, 5) is 26.1. The summed E-state index contributed by atoms with van der Waals surface area (Å²) in [6, 6.07) is 5.11. The van der Waals surface area contributed by atoms with Gasteiger partial charge in [-0.2, -0.15) is 0 Å². The van der Waals surface area contributed by atoms with Crippen LogP contribution in [0.2, 0.25) is 5.02 Å². The van der Waals surface area contributed by atoms with E-state index in [0.29, 0.717) is 28.0 Å². The van der Waals surface area contributed by atoms with Crippen LogP contribution in [0.15, 0.2) is 34.8 Å². The molecule has 3 nitrogen and oxygen atoms in total. The van der Waals surface area contributed by atoms with Crippen LogP contribution in [0.5, 0.6) is 0 Å². The Labute approximate surface area is 124 Å². The maximum atomic E-state index is 12.4. The van der Waals surface area contributed by atoms with Crippen LogP contribution in [0.4, 0.5) is 5.69 Å². The van der Waals surface area contributed by atoms with Crippen LogP contribution < -0.4 is 4.90 Å². The minimum atomic E-state index is -0.219. The van der Waals surface area contributed by atoms with E-state index >= 15 is 0 Å². The summed E-state index contributed by atoms with van der Waals surface area (Å²) >= 11 is 9.34. The van der Waals surface area contributed by atoms with Crippen LogP contribution in [0.1, 0.15) is 12.8 Å². The third kappa shape index (κ3) is 2.03. The highest BCUT2D eigenvalue weighted by Gasteiger charge is 2.48. The van der Waals surface area contributed by atoms with E-state index in [1.807, 2.05) is 12.2 Å². The van der Waals surface area contributed by atoms with Crippen molar-refractivity contribution in [2.24, 2.45) is 11.8 Å². The van der Waals surface area contributed by atoms with Gasteiger partial charge in [-0.25, -0.2) is 4.90 Å². The number of hydrogen-bond acceptors (Lipinski definition) is 2. The first-order valence-electron chi connectivity index (χ1n) is 6.07. The van der Waals surface area contributed by atoms with Gasteiger partial charge in [0.05, 0.1) is 17.5 Å². The number of rotatable bonds is 1. The number of carbonyl (C=O) groups is 2. The molecule has 1 aromatic carbocycles. The van der Waals surface area contributed by atoms with Crippen molar-refractivity contribution in [3.05, 3.63) is 39.8 Å². The molecule has 19 heavy (non-hydrogen) atoms. The van der Waals surface area contributed by atoms with Crippen molar-refractivity contribution in [3.63, 3.8) is 0 Å². The van der Waals surface area contributed by atoms with Crippen molar-refractivity contribution < 1.29 is 9.59 Å². The molecule has 1 heterocycles. The fourth-order valence-corrected chi connectivity index (χ4v) is 3.29. The minimum absolute atomic E-state index is 0.123. The van der Waals surface area contributed by atoms with Crippen LogP contribution in [-0.2, 0) is 9.59 Å². The molecule has 2 atom stereocenters. The second kappa shape index (κ2) is 4.76.